The number of amides is 2. The third kappa shape index (κ3) is 5.28. The number of nitrogens with zero attached hydrogens (tertiary/aromatic N) is 1. The molecule has 0 radical (unpaired) electrons. The monoisotopic (exact) mass is 453 g/mol. The van der Waals surface area contributed by atoms with Gasteiger partial charge in [0.1, 0.15) is 5.60 Å². The number of halogens is 1. The molecule has 0 saturated carbocycles. The Morgan fingerprint density at radius 2 is 1.78 bits per heavy atom. The summed E-state index contributed by atoms with van der Waals surface area (Å²) in [7, 11) is -1.95. The molecule has 1 atom stereocenters. The van der Waals surface area contributed by atoms with Gasteiger partial charge in [-0.1, -0.05) is 20.8 Å². The highest BCUT2D eigenvalue weighted by Gasteiger charge is 2.42. The Morgan fingerprint density at radius 3 is 2.22 bits per heavy atom. The largest absolute Gasteiger partial charge is 0.443 e. The van der Waals surface area contributed by atoms with Crippen molar-refractivity contribution in [1.29, 1.82) is 0 Å². The first-order valence-electron chi connectivity index (χ1n) is 7.73. The lowest BCUT2D eigenvalue weighted by molar-refractivity contribution is -0.125. The third-order valence-electron chi connectivity index (χ3n) is 4.10. The van der Waals surface area contributed by atoms with Crippen molar-refractivity contribution in [3.05, 3.63) is 9.66 Å². The van der Waals surface area contributed by atoms with Crippen LogP contribution in [0.2, 0.25) is 18.1 Å². The minimum Gasteiger partial charge on any atom is -0.443 e. The molecule has 1 aliphatic heterocycles. The topological polar surface area (TPSA) is 55.8 Å². The van der Waals surface area contributed by atoms with Crippen molar-refractivity contribution in [1.82, 2.24) is 4.90 Å². The van der Waals surface area contributed by atoms with Crippen LogP contribution in [-0.4, -0.2) is 43.5 Å². The Bertz CT molecular complexity index is 517. The van der Waals surface area contributed by atoms with Gasteiger partial charge in [-0.25, -0.2) is 9.69 Å². The molecule has 132 valence electrons. The first-order valence-corrected chi connectivity index (χ1v) is 11.7. The number of hydrogen-bond donors (Lipinski definition) is 0. The third-order valence-corrected chi connectivity index (χ3v) is 9.43. The predicted octanol–water partition coefficient (Wildman–Crippen LogP) is 4.47. The highest BCUT2D eigenvalue weighted by atomic mass is 127. The van der Waals surface area contributed by atoms with Crippen LogP contribution in [0.15, 0.2) is 9.66 Å². The van der Waals surface area contributed by atoms with Gasteiger partial charge in [-0.3, -0.25) is 4.79 Å². The van der Waals surface area contributed by atoms with E-state index in [2.05, 4.69) is 33.9 Å². The van der Waals surface area contributed by atoms with E-state index in [0.29, 0.717) is 10.2 Å². The van der Waals surface area contributed by atoms with E-state index in [1.807, 2.05) is 22.6 Å². The normalized spacial score (nSPS) is 19.9. The fourth-order valence-corrected chi connectivity index (χ4v) is 3.44. The van der Waals surface area contributed by atoms with Crippen LogP contribution in [0.5, 0.6) is 0 Å². The molecule has 0 aromatic heterocycles. The van der Waals surface area contributed by atoms with E-state index < -0.39 is 26.1 Å². The maximum Gasteiger partial charge on any atom is 0.417 e. The molecule has 23 heavy (non-hydrogen) atoms. The lowest BCUT2D eigenvalue weighted by Crippen LogP contribution is -2.48. The van der Waals surface area contributed by atoms with Crippen LogP contribution in [0, 0.1) is 0 Å². The molecule has 1 rings (SSSR count). The van der Waals surface area contributed by atoms with Gasteiger partial charge in [-0.2, -0.15) is 0 Å². The van der Waals surface area contributed by atoms with Crippen molar-refractivity contribution in [3.63, 3.8) is 0 Å². The number of ether oxygens (including phenoxy) is 1. The zero-order valence-electron chi connectivity index (χ0n) is 15.3. The van der Waals surface area contributed by atoms with Crippen LogP contribution >= 0.6 is 22.6 Å². The molecule has 7 heteroatoms. The van der Waals surface area contributed by atoms with E-state index in [0.717, 1.165) is 0 Å². The summed E-state index contributed by atoms with van der Waals surface area (Å²) in [6.07, 6.45) is 1.16. The second kappa shape index (κ2) is 6.83. The summed E-state index contributed by atoms with van der Waals surface area (Å²) in [5.74, 6) is -0.316. The first kappa shape index (κ1) is 20.6. The summed E-state index contributed by atoms with van der Waals surface area (Å²) in [6.45, 7) is 16.4. The molecule has 0 aliphatic carbocycles. The lowest BCUT2D eigenvalue weighted by Gasteiger charge is -2.37. The number of hydrogen-bond acceptors (Lipinski definition) is 4. The molecule has 0 aromatic carbocycles. The number of carbonyl (C=O) groups is 2. The molecule has 0 N–H and O–H groups in total. The molecular formula is C16H28INO4Si. The van der Waals surface area contributed by atoms with E-state index in [1.54, 1.807) is 26.8 Å². The minimum atomic E-state index is -1.95. The molecule has 2 amide bonds. The van der Waals surface area contributed by atoms with E-state index in [1.165, 1.54) is 4.90 Å². The van der Waals surface area contributed by atoms with Gasteiger partial charge >= 0.3 is 6.09 Å². The van der Waals surface area contributed by atoms with E-state index >= 15 is 0 Å². The van der Waals surface area contributed by atoms with Gasteiger partial charge in [0, 0.05) is 0 Å². The van der Waals surface area contributed by atoms with E-state index in [4.69, 9.17) is 9.16 Å². The Morgan fingerprint density at radius 1 is 1.26 bits per heavy atom. The summed E-state index contributed by atoms with van der Waals surface area (Å²) < 4.78 is 12.1. The predicted molar refractivity (Wildman–Crippen MR) is 102 cm³/mol. The van der Waals surface area contributed by atoms with Crippen LogP contribution in [0.3, 0.4) is 0 Å². The molecule has 0 bridgehead atoms. The Labute approximate surface area is 154 Å². The molecule has 0 aromatic rings. The molecule has 1 heterocycles. The Kier molecular flexibility index (Phi) is 6.13. The van der Waals surface area contributed by atoms with Crippen molar-refractivity contribution < 1.29 is 18.8 Å². The first-order chi connectivity index (χ1) is 10.2. The SMILES string of the molecule is CC(C)(C)OC(=O)N1C(=O)C(I)=C[C@@H]1CO[Si](C)(C)C(C)(C)C. The maximum absolute atomic E-state index is 12.4. The van der Waals surface area contributed by atoms with Crippen molar-refractivity contribution >= 4 is 42.9 Å². The standard InChI is InChI=1S/C16H28INO4Si/c1-15(2,3)22-14(20)18-11(9-12(17)13(18)19)10-21-23(7,8)16(4,5)6/h9,11H,10H2,1-8H3/t11-/m1/s1. The van der Waals surface area contributed by atoms with Gasteiger partial charge in [0.2, 0.25) is 0 Å². The van der Waals surface area contributed by atoms with Crippen LogP contribution in [0.4, 0.5) is 4.79 Å². The molecule has 1 aliphatic rings. The molecular weight excluding hydrogens is 425 g/mol. The van der Waals surface area contributed by atoms with Crippen molar-refractivity contribution in [2.45, 2.75) is 71.3 Å². The van der Waals surface area contributed by atoms with Gasteiger partial charge < -0.3 is 9.16 Å². The average molecular weight is 453 g/mol. The summed E-state index contributed by atoms with van der Waals surface area (Å²) in [5, 5.41) is 0.0726. The lowest BCUT2D eigenvalue weighted by atomic mass is 10.2. The van der Waals surface area contributed by atoms with E-state index in [-0.39, 0.29) is 10.9 Å². The minimum absolute atomic E-state index is 0.0726. The Balaban J connectivity index is 2.87. The Hall–Kier alpha value is -0.413. The van der Waals surface area contributed by atoms with Gasteiger partial charge in [-0.15, -0.1) is 0 Å². The zero-order valence-corrected chi connectivity index (χ0v) is 18.5. The summed E-state index contributed by atoms with van der Waals surface area (Å²) >= 11 is 1.95. The second-order valence-corrected chi connectivity index (χ2v) is 14.3. The average Bonchev–Trinajstić information content (AvgIpc) is 2.59. The van der Waals surface area contributed by atoms with Crippen molar-refractivity contribution in [3.8, 4) is 0 Å². The van der Waals surface area contributed by atoms with Crippen molar-refractivity contribution in [2.24, 2.45) is 0 Å². The number of imide groups is 1. The number of rotatable bonds is 3. The summed E-state index contributed by atoms with van der Waals surface area (Å²) in [6, 6.07) is -0.404. The maximum atomic E-state index is 12.4. The molecule has 0 unspecified atom stereocenters. The van der Waals surface area contributed by atoms with Crippen LogP contribution in [-0.2, 0) is 14.0 Å². The smallest absolute Gasteiger partial charge is 0.417 e. The van der Waals surface area contributed by atoms with Crippen LogP contribution < -0.4 is 0 Å². The zero-order chi connectivity index (χ0) is 18.2. The van der Waals surface area contributed by atoms with Gasteiger partial charge in [0.25, 0.3) is 5.91 Å². The van der Waals surface area contributed by atoms with Crippen molar-refractivity contribution in [2.75, 3.05) is 6.61 Å². The van der Waals surface area contributed by atoms with Gasteiger partial charge in [-0.05, 0) is 67.6 Å². The second-order valence-electron chi connectivity index (χ2n) is 8.31. The molecule has 0 fully saturated rings. The molecule has 5 nitrogen and oxygen atoms in total. The fourth-order valence-electron chi connectivity index (χ4n) is 1.74. The van der Waals surface area contributed by atoms with Gasteiger partial charge in [0.15, 0.2) is 8.32 Å². The van der Waals surface area contributed by atoms with Crippen LogP contribution in [0.1, 0.15) is 41.5 Å². The fraction of sp³-hybridized carbons (Fsp3) is 0.750. The molecule has 0 saturated heterocycles. The summed E-state index contributed by atoms with van der Waals surface area (Å²) in [4.78, 5) is 25.8. The summed E-state index contributed by atoms with van der Waals surface area (Å²) in [5.41, 5.74) is -0.643. The highest BCUT2D eigenvalue weighted by Crippen LogP contribution is 2.37. The quantitative estimate of drug-likeness (QED) is 0.467. The van der Waals surface area contributed by atoms with Gasteiger partial charge in [0.05, 0.1) is 16.2 Å². The van der Waals surface area contributed by atoms with Crippen LogP contribution in [0.25, 0.3) is 0 Å². The number of carbonyl (C=O) groups excluding carboxylic acids is 2. The molecule has 0 spiro atoms. The highest BCUT2D eigenvalue weighted by molar-refractivity contribution is 14.1. The van der Waals surface area contributed by atoms with E-state index in [9.17, 15) is 9.59 Å².